The molecular weight excluding hydrogens is 329 g/mol. The zero-order valence-corrected chi connectivity index (χ0v) is 13.6. The third-order valence-electron chi connectivity index (χ3n) is 3.73. The van der Waals surface area contributed by atoms with Gasteiger partial charge < -0.3 is 0 Å². The van der Waals surface area contributed by atoms with Gasteiger partial charge in [-0.2, -0.15) is 10.2 Å². The molecule has 0 saturated heterocycles. The maximum absolute atomic E-state index is 13.6. The lowest BCUT2D eigenvalue weighted by Gasteiger charge is -2.04. The number of hydrogen-bond acceptors (Lipinski definition) is 3. The van der Waals surface area contributed by atoms with Gasteiger partial charge in [0.25, 0.3) is 0 Å². The van der Waals surface area contributed by atoms with Crippen LogP contribution in [0.25, 0.3) is 5.69 Å². The van der Waals surface area contributed by atoms with E-state index < -0.39 is 11.6 Å². The molecule has 0 aliphatic heterocycles. The Morgan fingerprint density at radius 1 is 1.00 bits per heavy atom. The van der Waals surface area contributed by atoms with Crippen LogP contribution in [0.3, 0.4) is 0 Å². The van der Waals surface area contributed by atoms with Crippen molar-refractivity contribution in [1.29, 1.82) is 0 Å². The van der Waals surface area contributed by atoms with Crippen molar-refractivity contribution in [3.63, 3.8) is 0 Å². The van der Waals surface area contributed by atoms with Crippen LogP contribution in [0, 0.1) is 31.3 Å². The molecule has 0 bridgehead atoms. The Bertz CT molecular complexity index is 930. The quantitative estimate of drug-likeness (QED) is 0.565. The summed E-state index contributed by atoms with van der Waals surface area (Å²) >= 11 is 0. The number of benzene rings is 2. The number of aromatic nitrogens is 2. The number of nitrogens with one attached hydrogen (secondary N) is 1. The Morgan fingerprint density at radius 2 is 1.68 bits per heavy atom. The fraction of sp³-hybridized carbons (Fsp3) is 0.111. The van der Waals surface area contributed by atoms with Crippen LogP contribution in [-0.4, -0.2) is 16.0 Å². The average molecular weight is 344 g/mol. The number of nitrogens with zero attached hydrogens (tertiary/aromatic N) is 3. The second-order valence-corrected chi connectivity index (χ2v) is 5.47. The average Bonchev–Trinajstić information content (AvgIpc) is 2.85. The molecule has 1 heterocycles. The first-order chi connectivity index (χ1) is 12.0. The molecule has 4 nitrogen and oxygen atoms in total. The maximum Gasteiger partial charge on any atom is 0.151 e. The normalized spacial score (nSPS) is 11.2. The van der Waals surface area contributed by atoms with Crippen LogP contribution in [-0.2, 0) is 0 Å². The van der Waals surface area contributed by atoms with E-state index in [2.05, 4.69) is 15.6 Å². The second-order valence-electron chi connectivity index (χ2n) is 5.47. The largest absolute Gasteiger partial charge is 0.276 e. The summed E-state index contributed by atoms with van der Waals surface area (Å²) in [5, 5.41) is 8.41. The van der Waals surface area contributed by atoms with E-state index in [1.807, 2.05) is 13.8 Å². The predicted octanol–water partition coefficient (Wildman–Crippen LogP) is 4.35. The highest BCUT2D eigenvalue weighted by atomic mass is 19.1. The molecule has 0 amide bonds. The van der Waals surface area contributed by atoms with Crippen molar-refractivity contribution in [3.8, 4) is 5.69 Å². The van der Waals surface area contributed by atoms with Gasteiger partial charge in [-0.3, -0.25) is 5.43 Å². The number of anilines is 1. The molecule has 0 spiro atoms. The molecule has 0 saturated carbocycles. The number of rotatable bonds is 4. The summed E-state index contributed by atoms with van der Waals surface area (Å²) in [7, 11) is 0. The van der Waals surface area contributed by atoms with E-state index in [9.17, 15) is 13.2 Å². The van der Waals surface area contributed by atoms with Gasteiger partial charge in [-0.1, -0.05) is 0 Å². The molecule has 0 aliphatic carbocycles. The summed E-state index contributed by atoms with van der Waals surface area (Å²) in [4.78, 5) is 0. The van der Waals surface area contributed by atoms with Crippen LogP contribution in [0.2, 0.25) is 0 Å². The van der Waals surface area contributed by atoms with Gasteiger partial charge >= 0.3 is 0 Å². The lowest BCUT2D eigenvalue weighted by atomic mass is 10.2. The Hall–Kier alpha value is -3.09. The van der Waals surface area contributed by atoms with Gasteiger partial charge in [0, 0.05) is 11.6 Å². The summed E-state index contributed by atoms with van der Waals surface area (Å²) in [5.74, 6) is -1.70. The highest BCUT2D eigenvalue weighted by Gasteiger charge is 2.11. The number of halogens is 3. The van der Waals surface area contributed by atoms with E-state index >= 15 is 0 Å². The molecule has 0 atom stereocenters. The lowest BCUT2D eigenvalue weighted by Crippen LogP contribution is -2.00. The van der Waals surface area contributed by atoms with Crippen LogP contribution < -0.4 is 5.43 Å². The predicted molar refractivity (Wildman–Crippen MR) is 90.6 cm³/mol. The Kier molecular flexibility index (Phi) is 4.56. The Balaban J connectivity index is 1.84. The summed E-state index contributed by atoms with van der Waals surface area (Å²) in [5.41, 5.74) is 5.59. The van der Waals surface area contributed by atoms with Crippen LogP contribution in [0.5, 0.6) is 0 Å². The minimum absolute atomic E-state index is 0.0684. The molecule has 7 heteroatoms. The third kappa shape index (κ3) is 3.55. The second kappa shape index (κ2) is 6.80. The van der Waals surface area contributed by atoms with Gasteiger partial charge in [0.1, 0.15) is 11.6 Å². The summed E-state index contributed by atoms with van der Waals surface area (Å²) in [6.07, 6.45) is 1.51. The standard InChI is InChI=1S/C18H15F3N4/c1-11-16(10-22-23-18-8-5-14(20)9-17(18)21)12(2)25(24-11)15-6-3-13(19)4-7-15/h3-10,23H,1-2H3/b22-10-. The van der Waals surface area contributed by atoms with Gasteiger partial charge in [0.05, 0.1) is 29.0 Å². The molecule has 1 N–H and O–H groups in total. The summed E-state index contributed by atoms with van der Waals surface area (Å²) < 4.78 is 41.2. The van der Waals surface area contributed by atoms with Crippen molar-refractivity contribution < 1.29 is 13.2 Å². The maximum atomic E-state index is 13.6. The van der Waals surface area contributed by atoms with Gasteiger partial charge in [-0.05, 0) is 50.2 Å². The molecule has 25 heavy (non-hydrogen) atoms. The lowest BCUT2D eigenvalue weighted by molar-refractivity contribution is 0.585. The molecule has 3 aromatic rings. The van der Waals surface area contributed by atoms with Crippen molar-refractivity contribution in [2.75, 3.05) is 5.43 Å². The first-order valence-electron chi connectivity index (χ1n) is 7.52. The van der Waals surface area contributed by atoms with E-state index in [0.29, 0.717) is 5.69 Å². The first kappa shape index (κ1) is 16.8. The van der Waals surface area contributed by atoms with Crippen molar-refractivity contribution >= 4 is 11.9 Å². The van der Waals surface area contributed by atoms with Crippen LogP contribution >= 0.6 is 0 Å². The van der Waals surface area contributed by atoms with E-state index in [1.54, 1.807) is 16.8 Å². The van der Waals surface area contributed by atoms with E-state index in [1.165, 1.54) is 24.4 Å². The minimum atomic E-state index is -0.729. The van der Waals surface area contributed by atoms with E-state index in [-0.39, 0.29) is 11.5 Å². The molecule has 1 aromatic heterocycles. The number of hydrazone groups is 1. The highest BCUT2D eigenvalue weighted by Crippen LogP contribution is 2.18. The number of aryl methyl sites for hydroxylation is 1. The molecule has 3 rings (SSSR count). The zero-order valence-electron chi connectivity index (χ0n) is 13.6. The van der Waals surface area contributed by atoms with E-state index in [0.717, 1.165) is 29.1 Å². The third-order valence-corrected chi connectivity index (χ3v) is 3.73. The van der Waals surface area contributed by atoms with Gasteiger partial charge in [0.15, 0.2) is 5.82 Å². The van der Waals surface area contributed by atoms with Crippen molar-refractivity contribution in [3.05, 3.63) is 76.9 Å². The summed E-state index contributed by atoms with van der Waals surface area (Å²) in [6, 6.07) is 9.16. The van der Waals surface area contributed by atoms with Crippen LogP contribution in [0.1, 0.15) is 17.0 Å². The SMILES string of the molecule is Cc1nn(-c2ccc(F)cc2)c(C)c1/C=N\Nc1ccc(F)cc1F. The molecule has 2 aromatic carbocycles. The van der Waals surface area contributed by atoms with Gasteiger partial charge in [-0.15, -0.1) is 0 Å². The van der Waals surface area contributed by atoms with Gasteiger partial charge in [0.2, 0.25) is 0 Å². The minimum Gasteiger partial charge on any atom is -0.276 e. The molecule has 0 aliphatic rings. The highest BCUT2D eigenvalue weighted by molar-refractivity contribution is 5.83. The fourth-order valence-electron chi connectivity index (χ4n) is 2.42. The molecule has 128 valence electrons. The van der Waals surface area contributed by atoms with Crippen molar-refractivity contribution in [2.24, 2.45) is 5.10 Å². The molecule has 0 radical (unpaired) electrons. The monoisotopic (exact) mass is 344 g/mol. The zero-order chi connectivity index (χ0) is 18.0. The summed E-state index contributed by atoms with van der Waals surface area (Å²) in [6.45, 7) is 3.66. The van der Waals surface area contributed by atoms with Crippen LogP contribution in [0.15, 0.2) is 47.6 Å². The molecule has 0 unspecified atom stereocenters. The van der Waals surface area contributed by atoms with Crippen molar-refractivity contribution in [2.45, 2.75) is 13.8 Å². The Morgan fingerprint density at radius 3 is 2.36 bits per heavy atom. The van der Waals surface area contributed by atoms with E-state index in [4.69, 9.17) is 0 Å². The number of hydrogen-bond donors (Lipinski definition) is 1. The molecule has 0 fully saturated rings. The van der Waals surface area contributed by atoms with Crippen molar-refractivity contribution in [1.82, 2.24) is 9.78 Å². The van der Waals surface area contributed by atoms with Crippen LogP contribution in [0.4, 0.5) is 18.9 Å². The smallest absolute Gasteiger partial charge is 0.151 e. The Labute approximate surface area is 142 Å². The van der Waals surface area contributed by atoms with Gasteiger partial charge in [-0.25, -0.2) is 17.9 Å². The fourth-order valence-corrected chi connectivity index (χ4v) is 2.42. The molecular formula is C18H15F3N4. The topological polar surface area (TPSA) is 42.2 Å². The first-order valence-corrected chi connectivity index (χ1v) is 7.52.